The summed E-state index contributed by atoms with van der Waals surface area (Å²) in [5.41, 5.74) is 3.11. The van der Waals surface area contributed by atoms with Crippen molar-refractivity contribution in [2.75, 3.05) is 55.5 Å². The number of nitrogens with zero attached hydrogens (tertiary/aromatic N) is 2. The molecule has 4 rings (SSSR count). The molecule has 2 saturated carbocycles. The molecule has 0 aromatic heterocycles. The fraction of sp³-hybridized carbons (Fsp3) is 0.657. The Kier molecular flexibility index (Phi) is 10.8. The van der Waals surface area contributed by atoms with Crippen molar-refractivity contribution in [3.05, 3.63) is 58.7 Å². The molecule has 228 valence electrons. The smallest absolute Gasteiger partial charge is 0.122 e. The molecule has 0 bridgehead atoms. The molecule has 2 N–H and O–H groups in total. The van der Waals surface area contributed by atoms with Gasteiger partial charge in [0.15, 0.2) is 0 Å². The van der Waals surface area contributed by atoms with Crippen molar-refractivity contribution < 1.29 is 19.7 Å². The highest BCUT2D eigenvalue weighted by molar-refractivity contribution is 5.47. The molecule has 0 aliphatic heterocycles. The van der Waals surface area contributed by atoms with E-state index in [0.717, 1.165) is 98.2 Å². The van der Waals surface area contributed by atoms with Crippen LogP contribution in [0.5, 0.6) is 11.5 Å². The Hall–Kier alpha value is -2.12. The van der Waals surface area contributed by atoms with Gasteiger partial charge in [-0.2, -0.15) is 0 Å². The molecular weight excluding hydrogens is 512 g/mol. The highest BCUT2D eigenvalue weighted by Crippen LogP contribution is 2.43. The van der Waals surface area contributed by atoms with Gasteiger partial charge in [0.25, 0.3) is 0 Å². The number of likely N-dealkylation sites (N-methyl/N-ethyl adjacent to an activating group) is 2. The molecule has 0 heterocycles. The molecule has 2 unspecified atom stereocenters. The summed E-state index contributed by atoms with van der Waals surface area (Å²) >= 11 is 0. The van der Waals surface area contributed by atoms with Crippen LogP contribution in [0, 0.1) is 0 Å². The summed E-state index contributed by atoms with van der Waals surface area (Å²) in [6.45, 7) is 1.59. The van der Waals surface area contributed by atoms with Crippen LogP contribution in [0.1, 0.15) is 98.3 Å². The van der Waals surface area contributed by atoms with Crippen LogP contribution >= 0.6 is 0 Å². The molecule has 2 aromatic carbocycles. The molecule has 0 radical (unpaired) electrons. The SMILES string of the molecule is COc1ccc(C(CN(C)C)C2(O)CCCCC2)cc1Cc1cc(C(CN(C)C)C2(O)CCCCC2)ccc1OC. The lowest BCUT2D eigenvalue weighted by molar-refractivity contribution is -0.0280. The molecule has 41 heavy (non-hydrogen) atoms. The van der Waals surface area contributed by atoms with Crippen molar-refractivity contribution in [1.82, 2.24) is 9.80 Å². The van der Waals surface area contributed by atoms with E-state index in [1.807, 2.05) is 0 Å². The molecule has 2 fully saturated rings. The van der Waals surface area contributed by atoms with Gasteiger partial charge in [-0.3, -0.25) is 0 Å². The largest absolute Gasteiger partial charge is 0.496 e. The van der Waals surface area contributed by atoms with Crippen molar-refractivity contribution in [2.24, 2.45) is 0 Å². The number of hydrogen-bond acceptors (Lipinski definition) is 6. The van der Waals surface area contributed by atoms with Gasteiger partial charge in [0.1, 0.15) is 11.5 Å². The number of methoxy groups -OCH3 is 2. The van der Waals surface area contributed by atoms with Gasteiger partial charge in [0.05, 0.1) is 25.4 Å². The second-order valence-corrected chi connectivity index (χ2v) is 13.3. The maximum Gasteiger partial charge on any atom is 0.122 e. The van der Waals surface area contributed by atoms with Gasteiger partial charge in [0, 0.05) is 31.3 Å². The van der Waals surface area contributed by atoms with E-state index >= 15 is 0 Å². The summed E-state index contributed by atoms with van der Waals surface area (Å²) in [7, 11) is 11.8. The minimum absolute atomic E-state index is 0.0284. The topological polar surface area (TPSA) is 65.4 Å². The molecule has 0 spiro atoms. The minimum Gasteiger partial charge on any atom is -0.496 e. The van der Waals surface area contributed by atoms with Gasteiger partial charge < -0.3 is 29.5 Å². The summed E-state index contributed by atoms with van der Waals surface area (Å²) in [5.74, 6) is 1.74. The third-order valence-corrected chi connectivity index (χ3v) is 9.63. The first kappa shape index (κ1) is 31.8. The van der Waals surface area contributed by atoms with Crippen molar-refractivity contribution in [3.63, 3.8) is 0 Å². The molecule has 2 atom stereocenters. The van der Waals surface area contributed by atoms with Gasteiger partial charge in [-0.05, 0) is 88.3 Å². The number of benzene rings is 2. The highest BCUT2D eigenvalue weighted by atomic mass is 16.5. The van der Waals surface area contributed by atoms with E-state index in [-0.39, 0.29) is 11.8 Å². The lowest BCUT2D eigenvalue weighted by atomic mass is 9.72. The van der Waals surface area contributed by atoms with Crippen LogP contribution in [0.3, 0.4) is 0 Å². The molecule has 2 aromatic rings. The predicted molar refractivity (Wildman–Crippen MR) is 167 cm³/mol. The summed E-state index contributed by atoms with van der Waals surface area (Å²) < 4.78 is 11.7. The third-order valence-electron chi connectivity index (χ3n) is 9.63. The Morgan fingerprint density at radius 2 is 1.00 bits per heavy atom. The van der Waals surface area contributed by atoms with Crippen molar-refractivity contribution in [3.8, 4) is 11.5 Å². The normalized spacial score (nSPS) is 20.1. The van der Waals surface area contributed by atoms with Crippen LogP contribution in [-0.2, 0) is 6.42 Å². The third kappa shape index (κ3) is 7.64. The number of rotatable bonds is 12. The fourth-order valence-electron chi connectivity index (χ4n) is 7.44. The molecule has 6 heteroatoms. The van der Waals surface area contributed by atoms with Crippen LogP contribution in [0.25, 0.3) is 0 Å². The zero-order chi connectivity index (χ0) is 29.6. The first-order valence-electron chi connectivity index (χ1n) is 15.7. The number of aliphatic hydroxyl groups is 2. The van der Waals surface area contributed by atoms with E-state index in [1.165, 1.54) is 12.8 Å². The van der Waals surface area contributed by atoms with Crippen LogP contribution in [0.4, 0.5) is 0 Å². The Morgan fingerprint density at radius 3 is 1.32 bits per heavy atom. The number of hydrogen-bond donors (Lipinski definition) is 2. The average molecular weight is 567 g/mol. The highest BCUT2D eigenvalue weighted by Gasteiger charge is 2.40. The zero-order valence-corrected chi connectivity index (χ0v) is 26.4. The standard InChI is InChI=1S/C35H54N2O4/c1-36(2)24-30(34(38)17-9-7-10-18-34)26-13-15-32(40-5)28(21-26)23-29-22-27(14-16-33(29)41-6)31(25-37(3)4)35(39)19-11-8-12-20-35/h13-16,21-22,30-31,38-39H,7-12,17-20,23-25H2,1-6H3. The Morgan fingerprint density at radius 1 is 0.634 bits per heavy atom. The molecule has 0 amide bonds. The molecule has 0 saturated heterocycles. The van der Waals surface area contributed by atoms with E-state index < -0.39 is 11.2 Å². The molecule has 2 aliphatic carbocycles. The molecular formula is C35H54N2O4. The Labute approximate surface area is 248 Å². The summed E-state index contributed by atoms with van der Waals surface area (Å²) in [6, 6.07) is 12.9. The summed E-state index contributed by atoms with van der Waals surface area (Å²) in [5, 5.41) is 23.7. The van der Waals surface area contributed by atoms with Gasteiger partial charge in [-0.25, -0.2) is 0 Å². The quantitative estimate of drug-likeness (QED) is 0.330. The fourth-order valence-corrected chi connectivity index (χ4v) is 7.44. The summed E-state index contributed by atoms with van der Waals surface area (Å²) in [6.07, 6.45) is 10.7. The average Bonchev–Trinajstić information content (AvgIpc) is 2.95. The van der Waals surface area contributed by atoms with Crippen LogP contribution < -0.4 is 9.47 Å². The van der Waals surface area contributed by atoms with E-state index in [2.05, 4.69) is 74.4 Å². The molecule has 6 nitrogen and oxygen atoms in total. The first-order chi connectivity index (χ1) is 19.6. The zero-order valence-electron chi connectivity index (χ0n) is 26.4. The summed E-state index contributed by atoms with van der Waals surface area (Å²) in [4.78, 5) is 4.38. The van der Waals surface area contributed by atoms with Crippen molar-refractivity contribution >= 4 is 0 Å². The maximum atomic E-state index is 11.8. The van der Waals surface area contributed by atoms with Gasteiger partial charge in [-0.1, -0.05) is 62.8 Å². The van der Waals surface area contributed by atoms with Crippen LogP contribution in [0.15, 0.2) is 36.4 Å². The van der Waals surface area contributed by atoms with Gasteiger partial charge in [0.2, 0.25) is 0 Å². The van der Waals surface area contributed by atoms with Crippen LogP contribution in [0.2, 0.25) is 0 Å². The van der Waals surface area contributed by atoms with Crippen molar-refractivity contribution in [1.29, 1.82) is 0 Å². The second-order valence-electron chi connectivity index (χ2n) is 13.3. The number of ether oxygens (including phenoxy) is 2. The Balaban J connectivity index is 1.72. The van der Waals surface area contributed by atoms with Crippen molar-refractivity contribution in [2.45, 2.75) is 93.7 Å². The monoisotopic (exact) mass is 566 g/mol. The minimum atomic E-state index is -0.694. The van der Waals surface area contributed by atoms with E-state index in [0.29, 0.717) is 6.42 Å². The first-order valence-corrected chi connectivity index (χ1v) is 15.7. The van der Waals surface area contributed by atoms with E-state index in [9.17, 15) is 10.2 Å². The van der Waals surface area contributed by atoms with E-state index in [4.69, 9.17) is 9.47 Å². The maximum absolute atomic E-state index is 11.8. The molecule has 2 aliphatic rings. The lowest BCUT2D eigenvalue weighted by Crippen LogP contribution is -2.43. The van der Waals surface area contributed by atoms with Crippen LogP contribution in [-0.4, -0.2) is 86.7 Å². The predicted octanol–water partition coefficient (Wildman–Crippen LogP) is 5.98. The Bertz CT molecular complexity index is 1030. The lowest BCUT2D eigenvalue weighted by Gasteiger charge is -2.41. The van der Waals surface area contributed by atoms with Gasteiger partial charge >= 0.3 is 0 Å². The van der Waals surface area contributed by atoms with Gasteiger partial charge in [-0.15, -0.1) is 0 Å². The van der Waals surface area contributed by atoms with E-state index in [1.54, 1.807) is 14.2 Å². The second kappa shape index (κ2) is 13.9.